The van der Waals surface area contributed by atoms with Gasteiger partial charge in [0.15, 0.2) is 0 Å². The molecule has 1 aliphatic carbocycles. The number of nitrogens with zero attached hydrogens (tertiary/aromatic N) is 5. The largest absolute Gasteiger partial charge is 0.420 e. The predicted molar refractivity (Wildman–Crippen MR) is 105 cm³/mol. The van der Waals surface area contributed by atoms with Gasteiger partial charge >= 0.3 is 0 Å². The van der Waals surface area contributed by atoms with Crippen LogP contribution in [0.2, 0.25) is 0 Å². The number of halogens is 1. The molecule has 1 aliphatic heterocycles. The van der Waals surface area contributed by atoms with Crippen LogP contribution in [0.4, 0.5) is 10.2 Å². The van der Waals surface area contributed by atoms with Gasteiger partial charge in [0.25, 0.3) is 0 Å². The molecule has 0 amide bonds. The van der Waals surface area contributed by atoms with Crippen LogP contribution < -0.4 is 4.90 Å². The summed E-state index contributed by atoms with van der Waals surface area (Å²) in [6.07, 6.45) is 6.70. The summed E-state index contributed by atoms with van der Waals surface area (Å²) in [5, 5.41) is 9.47. The van der Waals surface area contributed by atoms with Gasteiger partial charge in [-0.2, -0.15) is 0 Å². The molecule has 1 saturated heterocycles. The molecule has 146 valence electrons. The Bertz CT molecular complexity index is 1190. The van der Waals surface area contributed by atoms with E-state index in [0.717, 1.165) is 49.2 Å². The van der Waals surface area contributed by atoms with Crippen molar-refractivity contribution in [2.24, 2.45) is 5.41 Å². The molecule has 2 aliphatic rings. The Labute approximate surface area is 166 Å². The highest BCUT2D eigenvalue weighted by Crippen LogP contribution is 2.64. The van der Waals surface area contributed by atoms with E-state index >= 15 is 0 Å². The second-order valence-electron chi connectivity index (χ2n) is 8.00. The van der Waals surface area contributed by atoms with Gasteiger partial charge in [0.05, 0.1) is 5.39 Å². The van der Waals surface area contributed by atoms with Crippen LogP contribution in [0.15, 0.2) is 47.3 Å². The lowest BCUT2D eigenvalue weighted by atomic mass is 9.90. The van der Waals surface area contributed by atoms with Crippen LogP contribution in [0.25, 0.3) is 22.5 Å². The summed E-state index contributed by atoms with van der Waals surface area (Å²) in [5.41, 5.74) is 1.72. The first-order valence-electron chi connectivity index (χ1n) is 9.84. The Balaban J connectivity index is 1.18. The van der Waals surface area contributed by atoms with Gasteiger partial charge < -0.3 is 14.3 Å². The summed E-state index contributed by atoms with van der Waals surface area (Å²) in [6, 6.07) is 8.29. The minimum Gasteiger partial charge on any atom is -0.420 e. The molecule has 2 fully saturated rings. The van der Waals surface area contributed by atoms with Crippen molar-refractivity contribution < 1.29 is 8.81 Å². The molecule has 3 aromatic heterocycles. The fraction of sp³-hybridized carbons (Fsp3) is 0.333. The van der Waals surface area contributed by atoms with Crippen LogP contribution in [0.3, 0.4) is 0 Å². The fourth-order valence-corrected chi connectivity index (χ4v) is 4.64. The number of rotatable bonds is 3. The normalized spacial score (nSPS) is 20.4. The Morgan fingerprint density at radius 2 is 2.03 bits per heavy atom. The first-order valence-corrected chi connectivity index (χ1v) is 9.84. The van der Waals surface area contributed by atoms with Crippen molar-refractivity contribution in [3.05, 3.63) is 54.6 Å². The highest BCUT2D eigenvalue weighted by atomic mass is 19.1. The van der Waals surface area contributed by atoms with E-state index < -0.39 is 0 Å². The van der Waals surface area contributed by atoms with E-state index in [4.69, 9.17) is 4.42 Å². The van der Waals surface area contributed by atoms with Crippen molar-refractivity contribution in [2.45, 2.75) is 25.2 Å². The summed E-state index contributed by atoms with van der Waals surface area (Å²) in [6.45, 7) is 1.89. The molecule has 1 spiro atoms. The van der Waals surface area contributed by atoms with Crippen molar-refractivity contribution >= 4 is 16.9 Å². The summed E-state index contributed by atoms with van der Waals surface area (Å²) in [7, 11) is 0. The Kier molecular flexibility index (Phi) is 3.50. The third kappa shape index (κ3) is 2.70. The molecule has 1 aromatic carbocycles. The van der Waals surface area contributed by atoms with Crippen LogP contribution in [-0.4, -0.2) is 38.2 Å². The number of nitrogens with one attached hydrogen (secondary N) is 1. The number of benzene rings is 1. The maximum atomic E-state index is 13.5. The molecular formula is C21H19FN6O. The molecule has 8 heteroatoms. The van der Waals surface area contributed by atoms with E-state index in [0.29, 0.717) is 17.3 Å². The van der Waals surface area contributed by atoms with Gasteiger partial charge in [0.1, 0.15) is 23.6 Å². The van der Waals surface area contributed by atoms with E-state index in [-0.39, 0.29) is 17.2 Å². The van der Waals surface area contributed by atoms with Gasteiger partial charge in [-0.1, -0.05) is 6.07 Å². The standard InChI is InChI=1S/C21H19FN6O/c22-14-3-1-2-13(10-14)19-26-27-20(29-19)16-11-21(16)5-8-28(9-6-21)18-15-4-7-23-17(15)24-12-25-18/h1-4,7,10,12,16H,5-6,8-9,11H2,(H,23,24,25). The summed E-state index contributed by atoms with van der Waals surface area (Å²) in [4.78, 5) is 14.3. The molecule has 1 N–H and O–H groups in total. The molecule has 0 radical (unpaired) electrons. The second-order valence-corrected chi connectivity index (χ2v) is 8.00. The van der Waals surface area contributed by atoms with Gasteiger partial charge in [-0.05, 0) is 48.9 Å². The molecule has 0 bridgehead atoms. The lowest BCUT2D eigenvalue weighted by molar-refractivity contribution is 0.352. The van der Waals surface area contributed by atoms with Gasteiger partial charge in [0, 0.05) is 30.8 Å². The Hall–Kier alpha value is -3.29. The van der Waals surface area contributed by atoms with Gasteiger partial charge in [-0.15, -0.1) is 10.2 Å². The molecule has 4 heterocycles. The summed E-state index contributed by atoms with van der Waals surface area (Å²) >= 11 is 0. The maximum absolute atomic E-state index is 13.5. The molecule has 1 atom stereocenters. The molecular weight excluding hydrogens is 371 g/mol. The third-order valence-electron chi connectivity index (χ3n) is 6.39. The molecule has 1 unspecified atom stereocenters. The van der Waals surface area contributed by atoms with E-state index in [1.165, 1.54) is 12.1 Å². The predicted octanol–water partition coefficient (Wildman–Crippen LogP) is 3.92. The second kappa shape index (κ2) is 6.10. The zero-order valence-corrected chi connectivity index (χ0v) is 15.7. The molecule has 4 aromatic rings. The van der Waals surface area contributed by atoms with Crippen LogP contribution in [0.5, 0.6) is 0 Å². The number of aromatic nitrogens is 5. The molecule has 6 rings (SSSR count). The third-order valence-corrected chi connectivity index (χ3v) is 6.39. The van der Waals surface area contributed by atoms with E-state index in [1.54, 1.807) is 18.5 Å². The summed E-state index contributed by atoms with van der Waals surface area (Å²) in [5.74, 6) is 2.04. The zero-order chi connectivity index (χ0) is 19.4. The first kappa shape index (κ1) is 16.6. The average Bonchev–Trinajstić information content (AvgIpc) is 3.13. The highest BCUT2D eigenvalue weighted by Gasteiger charge is 2.58. The van der Waals surface area contributed by atoms with E-state index in [9.17, 15) is 4.39 Å². The Morgan fingerprint density at radius 1 is 1.14 bits per heavy atom. The topological polar surface area (TPSA) is 83.7 Å². The smallest absolute Gasteiger partial charge is 0.247 e. The van der Waals surface area contributed by atoms with Crippen molar-refractivity contribution in [1.82, 2.24) is 25.1 Å². The van der Waals surface area contributed by atoms with Crippen LogP contribution in [0, 0.1) is 11.2 Å². The number of piperidine rings is 1. The van der Waals surface area contributed by atoms with Gasteiger partial charge in [-0.3, -0.25) is 0 Å². The lowest BCUT2D eigenvalue weighted by Crippen LogP contribution is -2.35. The molecule has 29 heavy (non-hydrogen) atoms. The number of H-pyrrole nitrogens is 1. The number of anilines is 1. The Morgan fingerprint density at radius 3 is 2.90 bits per heavy atom. The fourth-order valence-electron chi connectivity index (χ4n) is 4.64. The number of hydrogen-bond acceptors (Lipinski definition) is 6. The minimum absolute atomic E-state index is 0.229. The minimum atomic E-state index is -0.307. The molecule has 1 saturated carbocycles. The number of hydrogen-bond donors (Lipinski definition) is 1. The van der Waals surface area contributed by atoms with E-state index in [2.05, 4.69) is 30.0 Å². The monoisotopic (exact) mass is 390 g/mol. The highest BCUT2D eigenvalue weighted by molar-refractivity contribution is 5.87. The van der Waals surface area contributed by atoms with Crippen LogP contribution >= 0.6 is 0 Å². The van der Waals surface area contributed by atoms with Crippen molar-refractivity contribution in [3.8, 4) is 11.5 Å². The molecule has 7 nitrogen and oxygen atoms in total. The van der Waals surface area contributed by atoms with Crippen molar-refractivity contribution in [2.75, 3.05) is 18.0 Å². The van der Waals surface area contributed by atoms with Gasteiger partial charge in [-0.25, -0.2) is 14.4 Å². The number of aromatic amines is 1. The SMILES string of the molecule is Fc1cccc(-c2nnc(C3CC34CCN(c3ncnc5[nH]ccc35)CC4)o2)c1. The van der Waals surface area contributed by atoms with Crippen molar-refractivity contribution in [3.63, 3.8) is 0 Å². The van der Waals surface area contributed by atoms with Gasteiger partial charge in [0.2, 0.25) is 11.8 Å². The quantitative estimate of drug-likeness (QED) is 0.571. The average molecular weight is 390 g/mol. The van der Waals surface area contributed by atoms with Crippen molar-refractivity contribution in [1.29, 1.82) is 0 Å². The number of fused-ring (bicyclic) bond motifs is 1. The first-order chi connectivity index (χ1) is 14.2. The van der Waals surface area contributed by atoms with E-state index in [1.807, 2.05) is 12.3 Å². The maximum Gasteiger partial charge on any atom is 0.247 e. The lowest BCUT2D eigenvalue weighted by Gasteiger charge is -2.33. The van der Waals surface area contributed by atoms with Crippen LogP contribution in [-0.2, 0) is 0 Å². The summed E-state index contributed by atoms with van der Waals surface area (Å²) < 4.78 is 19.4. The zero-order valence-electron chi connectivity index (χ0n) is 15.7. The van der Waals surface area contributed by atoms with Crippen LogP contribution in [0.1, 0.15) is 31.1 Å².